The predicted octanol–water partition coefficient (Wildman–Crippen LogP) is 2.68. The highest BCUT2D eigenvalue weighted by atomic mass is 16.5. The van der Waals surface area contributed by atoms with Crippen LogP contribution in [0, 0.1) is 0 Å². The number of fused-ring (bicyclic) bond motifs is 1. The molecule has 4 heteroatoms. The summed E-state index contributed by atoms with van der Waals surface area (Å²) in [6.45, 7) is 5.19. The van der Waals surface area contributed by atoms with Gasteiger partial charge in [0.25, 0.3) is 0 Å². The summed E-state index contributed by atoms with van der Waals surface area (Å²) in [4.78, 5) is 15.0. The van der Waals surface area contributed by atoms with Crippen molar-refractivity contribution >= 4 is 22.4 Å². The van der Waals surface area contributed by atoms with Crippen molar-refractivity contribution in [3.8, 4) is 0 Å². The fourth-order valence-corrected chi connectivity index (χ4v) is 4.33. The normalized spacial score (nSPS) is 24.9. The topological polar surface area (TPSA) is 41.6 Å². The Morgan fingerprint density at radius 2 is 2.00 bits per heavy atom. The van der Waals surface area contributed by atoms with Gasteiger partial charge in [-0.25, -0.2) is 0 Å². The third-order valence-corrected chi connectivity index (χ3v) is 5.42. The van der Waals surface area contributed by atoms with Gasteiger partial charge >= 0.3 is 0 Å². The molecule has 1 atom stereocenters. The van der Waals surface area contributed by atoms with Crippen LogP contribution in [0.5, 0.6) is 0 Å². The van der Waals surface area contributed by atoms with Crippen LogP contribution >= 0.6 is 0 Å². The van der Waals surface area contributed by atoms with Gasteiger partial charge in [-0.3, -0.25) is 4.79 Å². The number of benzene rings is 2. The van der Waals surface area contributed by atoms with Crippen LogP contribution in [0.2, 0.25) is 0 Å². The van der Waals surface area contributed by atoms with Crippen LogP contribution in [0.3, 0.4) is 0 Å². The fraction of sp³-hybridized carbons (Fsp3) is 0.316. The monoisotopic (exact) mass is 306 g/mol. The number of nitrogens with one attached hydrogen (secondary N) is 1. The van der Waals surface area contributed by atoms with Crippen molar-refractivity contribution in [3.05, 3.63) is 54.2 Å². The standard InChI is InChI=1S/C19H18N2O2/c1-12-8-9-16(18(22)20-12)21-15-7-3-5-13-4-2-6-14(17(13)15)19(21)10-23-11-19/h2-7,16H,1,8-11H2,(H,20,22). The van der Waals surface area contributed by atoms with E-state index < -0.39 is 0 Å². The first-order chi connectivity index (χ1) is 11.2. The largest absolute Gasteiger partial charge is 0.376 e. The molecule has 1 spiro atoms. The lowest BCUT2D eigenvalue weighted by Crippen LogP contribution is -2.64. The van der Waals surface area contributed by atoms with E-state index in [1.165, 1.54) is 16.3 Å². The summed E-state index contributed by atoms with van der Waals surface area (Å²) in [6.07, 6.45) is 1.63. The first-order valence-electron chi connectivity index (χ1n) is 8.09. The van der Waals surface area contributed by atoms with Gasteiger partial charge in [0, 0.05) is 16.8 Å². The molecule has 4 nitrogen and oxygen atoms in total. The third kappa shape index (κ3) is 1.56. The molecular weight excluding hydrogens is 288 g/mol. The highest BCUT2D eigenvalue weighted by Gasteiger charge is 2.55. The summed E-state index contributed by atoms with van der Waals surface area (Å²) in [6, 6.07) is 12.6. The van der Waals surface area contributed by atoms with Crippen LogP contribution in [-0.2, 0) is 15.1 Å². The Hall–Kier alpha value is -2.33. The SMILES string of the molecule is C=C1CCC(N2c3cccc4cccc(c34)C23COC3)C(=O)N1. The van der Waals surface area contributed by atoms with E-state index in [0.717, 1.165) is 24.2 Å². The average molecular weight is 306 g/mol. The highest BCUT2D eigenvalue weighted by Crippen LogP contribution is 2.52. The number of ether oxygens (including phenoxy) is 1. The molecule has 2 aromatic rings. The van der Waals surface area contributed by atoms with E-state index in [0.29, 0.717) is 13.2 Å². The summed E-state index contributed by atoms with van der Waals surface area (Å²) >= 11 is 0. The summed E-state index contributed by atoms with van der Waals surface area (Å²) in [5.74, 6) is 0.0531. The zero-order valence-electron chi connectivity index (χ0n) is 12.8. The Labute approximate surface area is 134 Å². The summed E-state index contributed by atoms with van der Waals surface area (Å²) in [5.41, 5.74) is 3.09. The predicted molar refractivity (Wildman–Crippen MR) is 89.2 cm³/mol. The zero-order chi connectivity index (χ0) is 15.6. The molecule has 5 rings (SSSR count). The van der Waals surface area contributed by atoms with Crippen molar-refractivity contribution in [2.75, 3.05) is 18.1 Å². The molecule has 1 amide bonds. The molecule has 2 saturated heterocycles. The van der Waals surface area contributed by atoms with Crippen molar-refractivity contribution in [3.63, 3.8) is 0 Å². The molecule has 2 aromatic carbocycles. The van der Waals surface area contributed by atoms with Crippen LogP contribution in [0.15, 0.2) is 48.7 Å². The second kappa shape index (κ2) is 4.36. The summed E-state index contributed by atoms with van der Waals surface area (Å²) in [5, 5.41) is 5.44. The van der Waals surface area contributed by atoms with E-state index in [2.05, 4.69) is 53.2 Å². The average Bonchev–Trinajstić information content (AvgIpc) is 2.81. The molecule has 3 aliphatic heterocycles. The van der Waals surface area contributed by atoms with Gasteiger partial charge in [-0.1, -0.05) is 36.9 Å². The molecule has 1 unspecified atom stereocenters. The van der Waals surface area contributed by atoms with Crippen LogP contribution in [-0.4, -0.2) is 25.2 Å². The van der Waals surface area contributed by atoms with Gasteiger partial charge < -0.3 is 15.0 Å². The van der Waals surface area contributed by atoms with Gasteiger partial charge in [-0.15, -0.1) is 0 Å². The highest BCUT2D eigenvalue weighted by molar-refractivity contribution is 6.04. The molecule has 0 radical (unpaired) electrons. The van der Waals surface area contributed by atoms with Crippen LogP contribution in [0.25, 0.3) is 10.8 Å². The maximum Gasteiger partial charge on any atom is 0.246 e. The number of hydrogen-bond donors (Lipinski definition) is 1. The minimum Gasteiger partial charge on any atom is -0.376 e. The van der Waals surface area contributed by atoms with E-state index in [1.807, 2.05) is 0 Å². The second-order valence-electron chi connectivity index (χ2n) is 6.72. The minimum absolute atomic E-state index is 0.0531. The van der Waals surface area contributed by atoms with Gasteiger partial charge in [0.1, 0.15) is 11.6 Å². The molecule has 23 heavy (non-hydrogen) atoms. The molecule has 0 bridgehead atoms. The zero-order valence-corrected chi connectivity index (χ0v) is 12.8. The van der Waals surface area contributed by atoms with Gasteiger partial charge in [0.15, 0.2) is 0 Å². The van der Waals surface area contributed by atoms with Crippen molar-refractivity contribution in [2.45, 2.75) is 24.4 Å². The number of hydrogen-bond acceptors (Lipinski definition) is 3. The first-order valence-corrected chi connectivity index (χ1v) is 8.09. The smallest absolute Gasteiger partial charge is 0.246 e. The lowest BCUT2D eigenvalue weighted by atomic mass is 9.85. The van der Waals surface area contributed by atoms with Crippen LogP contribution < -0.4 is 10.2 Å². The molecule has 1 N–H and O–H groups in total. The summed E-state index contributed by atoms with van der Waals surface area (Å²) in [7, 11) is 0. The van der Waals surface area contributed by atoms with Crippen molar-refractivity contribution < 1.29 is 9.53 Å². The van der Waals surface area contributed by atoms with Crippen molar-refractivity contribution in [1.29, 1.82) is 0 Å². The Bertz CT molecular complexity index is 848. The Morgan fingerprint density at radius 1 is 1.22 bits per heavy atom. The molecule has 0 saturated carbocycles. The summed E-state index contributed by atoms with van der Waals surface area (Å²) < 4.78 is 5.61. The quantitative estimate of drug-likeness (QED) is 0.881. The van der Waals surface area contributed by atoms with E-state index in [4.69, 9.17) is 4.74 Å². The molecule has 0 aromatic heterocycles. The Balaban J connectivity index is 1.72. The van der Waals surface area contributed by atoms with E-state index in [1.54, 1.807) is 0 Å². The third-order valence-electron chi connectivity index (χ3n) is 5.42. The molecule has 2 fully saturated rings. The number of anilines is 1. The first kappa shape index (κ1) is 13.1. The van der Waals surface area contributed by atoms with E-state index in [-0.39, 0.29) is 17.5 Å². The van der Waals surface area contributed by atoms with Crippen LogP contribution in [0.1, 0.15) is 18.4 Å². The second-order valence-corrected chi connectivity index (χ2v) is 6.72. The Morgan fingerprint density at radius 3 is 2.70 bits per heavy atom. The fourth-order valence-electron chi connectivity index (χ4n) is 4.33. The minimum atomic E-state index is -0.191. The van der Waals surface area contributed by atoms with Crippen molar-refractivity contribution in [1.82, 2.24) is 5.32 Å². The van der Waals surface area contributed by atoms with Gasteiger partial charge in [0.05, 0.1) is 13.2 Å². The Kier molecular flexibility index (Phi) is 2.49. The molecule has 3 heterocycles. The van der Waals surface area contributed by atoms with Gasteiger partial charge in [-0.05, 0) is 29.9 Å². The number of amides is 1. The number of rotatable bonds is 1. The number of carbonyl (C=O) groups is 1. The number of nitrogens with zero attached hydrogens (tertiary/aromatic N) is 1. The van der Waals surface area contributed by atoms with Crippen molar-refractivity contribution in [2.24, 2.45) is 0 Å². The van der Waals surface area contributed by atoms with Gasteiger partial charge in [0.2, 0.25) is 5.91 Å². The van der Waals surface area contributed by atoms with E-state index in [9.17, 15) is 4.79 Å². The number of piperidine rings is 1. The maximum absolute atomic E-state index is 12.6. The maximum atomic E-state index is 12.6. The van der Waals surface area contributed by atoms with Gasteiger partial charge in [-0.2, -0.15) is 0 Å². The van der Waals surface area contributed by atoms with E-state index >= 15 is 0 Å². The number of allylic oxidation sites excluding steroid dienone is 1. The number of carbonyl (C=O) groups excluding carboxylic acids is 1. The molecule has 3 aliphatic rings. The molecular formula is C19H18N2O2. The van der Waals surface area contributed by atoms with Crippen LogP contribution in [0.4, 0.5) is 5.69 Å². The lowest BCUT2D eigenvalue weighted by Gasteiger charge is -2.50. The molecule has 116 valence electrons. The molecule has 0 aliphatic carbocycles. The lowest BCUT2D eigenvalue weighted by molar-refractivity contribution is -0.125.